The molecule has 5 amide bonds. The maximum absolute atomic E-state index is 12.3. The molecule has 0 saturated heterocycles. The van der Waals surface area contributed by atoms with Gasteiger partial charge < -0.3 is 61.5 Å². The van der Waals surface area contributed by atoms with E-state index in [9.17, 15) is 38.7 Å². The van der Waals surface area contributed by atoms with Crippen LogP contribution in [0.15, 0.2) is 11.8 Å². The van der Waals surface area contributed by atoms with Crippen LogP contribution in [0.4, 0.5) is 0 Å². The Morgan fingerprint density at radius 2 is 0.790 bits per heavy atom. The van der Waals surface area contributed by atoms with E-state index in [0.29, 0.717) is 6.42 Å². The van der Waals surface area contributed by atoms with E-state index in [1.54, 1.807) is 0 Å². The molecule has 0 aromatic heterocycles. The van der Waals surface area contributed by atoms with Crippen molar-refractivity contribution in [3.8, 4) is 0 Å². The van der Waals surface area contributed by atoms with E-state index < -0.39 is 23.8 Å². The van der Waals surface area contributed by atoms with Crippen molar-refractivity contribution in [2.45, 2.75) is 135 Å². The molecule has 0 aliphatic rings. The highest BCUT2D eigenvalue weighted by Gasteiger charge is 2.12. The molecule has 0 atom stereocenters. The molecular weight excluding hydrogens is 809 g/mol. The molecule has 0 heterocycles. The second kappa shape index (κ2) is 43.5. The van der Waals surface area contributed by atoms with Crippen LogP contribution in [0.5, 0.6) is 0 Å². The van der Waals surface area contributed by atoms with E-state index in [1.807, 2.05) is 0 Å². The van der Waals surface area contributed by atoms with Crippen molar-refractivity contribution in [1.29, 1.82) is 0 Å². The van der Waals surface area contributed by atoms with Gasteiger partial charge in [0.25, 0.3) is 0 Å². The molecule has 0 radical (unpaired) electrons. The highest BCUT2D eigenvalue weighted by atomic mass is 16.5. The maximum atomic E-state index is 12.3. The summed E-state index contributed by atoms with van der Waals surface area (Å²) in [7, 11) is 0. The highest BCUT2D eigenvalue weighted by Crippen LogP contribution is 2.15. The molecule has 9 N–H and O–H groups in total. The monoisotopic (exact) mass is 887 g/mol. The van der Waals surface area contributed by atoms with Crippen LogP contribution in [0.25, 0.3) is 0 Å². The molecule has 0 bridgehead atoms. The van der Waals surface area contributed by atoms with Crippen LogP contribution in [0, 0.1) is 0 Å². The Morgan fingerprint density at radius 3 is 1.21 bits per heavy atom. The number of unbranched alkanes of at least 4 members (excludes halogenated alkanes) is 17. The summed E-state index contributed by atoms with van der Waals surface area (Å²) in [5.41, 5.74) is 4.84. The molecule has 19 heteroatoms. The lowest BCUT2D eigenvalue weighted by atomic mass is 10.0. The fraction of sp³-hybridized carbons (Fsp3) is 0.791. The SMILES string of the molecule is NCC(=O)NCCNC(=O)COCCOCCNC(=O)COCCOCCNC(=O)C/C=C(/NC(=O)CCCCCCCCCCCCCCCCCCCCC(=O)O)C(=O)O. The predicted octanol–water partition coefficient (Wildman–Crippen LogP) is 2.84. The van der Waals surface area contributed by atoms with Crippen molar-refractivity contribution in [2.24, 2.45) is 5.73 Å². The van der Waals surface area contributed by atoms with Gasteiger partial charge in [-0.1, -0.05) is 103 Å². The van der Waals surface area contributed by atoms with E-state index in [-0.39, 0.29) is 128 Å². The third-order valence-electron chi connectivity index (χ3n) is 9.34. The van der Waals surface area contributed by atoms with Gasteiger partial charge in [-0.3, -0.25) is 28.8 Å². The van der Waals surface area contributed by atoms with Gasteiger partial charge in [-0.25, -0.2) is 4.79 Å². The Balaban J connectivity index is 3.68. The van der Waals surface area contributed by atoms with Gasteiger partial charge in [-0.05, 0) is 18.9 Å². The lowest BCUT2D eigenvalue weighted by molar-refractivity contribution is -0.137. The minimum Gasteiger partial charge on any atom is -0.481 e. The third-order valence-corrected chi connectivity index (χ3v) is 9.34. The van der Waals surface area contributed by atoms with Gasteiger partial charge in [0.15, 0.2) is 0 Å². The summed E-state index contributed by atoms with van der Waals surface area (Å²) >= 11 is 0. The third kappa shape index (κ3) is 42.5. The van der Waals surface area contributed by atoms with Gasteiger partial charge in [0, 0.05) is 45.4 Å². The standard InChI is InChI=1S/C43H78N6O13/c44-33-39(52)45-23-24-46-40(53)34-61-31-30-60-28-26-48-41(54)35-62-32-29-59-27-25-47-37(50)22-21-36(43(57)58)49-38(51)19-17-15-13-11-9-7-5-3-1-2-4-6-8-10-12-14-16-18-20-42(55)56/h21H,1-20,22-35,44H2,(H,45,52)(H,46,53)(H,47,50)(H,48,54)(H,49,51)(H,55,56)(H,57,58)/b36-21+. The normalized spacial score (nSPS) is 11.2. The van der Waals surface area contributed by atoms with Gasteiger partial charge in [-0.15, -0.1) is 0 Å². The number of carbonyl (C=O) groups is 7. The summed E-state index contributed by atoms with van der Waals surface area (Å²) in [6.07, 6.45) is 22.0. The van der Waals surface area contributed by atoms with Crippen LogP contribution < -0.4 is 32.3 Å². The van der Waals surface area contributed by atoms with E-state index in [2.05, 4.69) is 26.6 Å². The molecule has 0 fully saturated rings. The van der Waals surface area contributed by atoms with Crippen molar-refractivity contribution in [3.05, 3.63) is 11.8 Å². The largest absolute Gasteiger partial charge is 0.481 e. The number of carboxylic acids is 2. The number of hydrogen-bond donors (Lipinski definition) is 8. The molecule has 0 rings (SSSR count). The van der Waals surface area contributed by atoms with Gasteiger partial charge in [0.05, 0.1) is 46.2 Å². The summed E-state index contributed by atoms with van der Waals surface area (Å²) in [6.45, 7) is 1.73. The fourth-order valence-electron chi connectivity index (χ4n) is 5.93. The second-order valence-corrected chi connectivity index (χ2v) is 14.9. The van der Waals surface area contributed by atoms with Crippen LogP contribution in [0.2, 0.25) is 0 Å². The van der Waals surface area contributed by atoms with E-state index in [4.69, 9.17) is 29.8 Å². The molecule has 0 aliphatic heterocycles. The van der Waals surface area contributed by atoms with E-state index in [1.165, 1.54) is 76.7 Å². The topological polar surface area (TPSA) is 283 Å². The summed E-state index contributed by atoms with van der Waals surface area (Å²) in [6, 6.07) is 0. The lowest BCUT2D eigenvalue weighted by Crippen LogP contribution is -2.38. The zero-order chi connectivity index (χ0) is 45.7. The number of rotatable bonds is 45. The zero-order valence-electron chi connectivity index (χ0n) is 37.1. The molecule has 358 valence electrons. The van der Waals surface area contributed by atoms with Gasteiger partial charge >= 0.3 is 11.9 Å². The summed E-state index contributed by atoms with van der Waals surface area (Å²) in [4.78, 5) is 81.1. The molecular formula is C43H78N6O13. The van der Waals surface area contributed by atoms with Gasteiger partial charge in [0.2, 0.25) is 29.5 Å². The number of nitrogens with one attached hydrogen (secondary N) is 5. The van der Waals surface area contributed by atoms with Crippen LogP contribution >= 0.6 is 0 Å². The Labute approximate surface area is 368 Å². The molecule has 19 nitrogen and oxygen atoms in total. The molecule has 62 heavy (non-hydrogen) atoms. The maximum Gasteiger partial charge on any atom is 0.352 e. The highest BCUT2D eigenvalue weighted by molar-refractivity contribution is 5.93. The van der Waals surface area contributed by atoms with Crippen molar-refractivity contribution < 1.29 is 62.7 Å². The molecule has 0 unspecified atom stereocenters. The first kappa shape index (κ1) is 57.8. The average Bonchev–Trinajstić information content (AvgIpc) is 3.24. The van der Waals surface area contributed by atoms with Crippen LogP contribution in [-0.4, -0.2) is 137 Å². The number of carboxylic acid groups (broad SMARTS) is 2. The summed E-state index contributed by atoms with van der Waals surface area (Å²) < 4.78 is 21.2. The minimum absolute atomic E-state index is 0.113. The van der Waals surface area contributed by atoms with E-state index in [0.717, 1.165) is 38.5 Å². The molecule has 0 aromatic carbocycles. The Bertz CT molecular complexity index is 1250. The molecule has 0 spiro atoms. The lowest BCUT2D eigenvalue weighted by Gasteiger charge is -2.09. The zero-order valence-corrected chi connectivity index (χ0v) is 37.1. The Morgan fingerprint density at radius 1 is 0.419 bits per heavy atom. The number of hydrogen-bond acceptors (Lipinski definition) is 12. The first-order valence-corrected chi connectivity index (χ1v) is 22.6. The number of ether oxygens (including phenoxy) is 4. The van der Waals surface area contributed by atoms with Gasteiger partial charge in [0.1, 0.15) is 18.9 Å². The number of carbonyl (C=O) groups excluding carboxylic acids is 5. The van der Waals surface area contributed by atoms with Crippen molar-refractivity contribution in [2.75, 3.05) is 85.6 Å². The number of aliphatic carboxylic acids is 2. The molecule has 0 saturated carbocycles. The van der Waals surface area contributed by atoms with Gasteiger partial charge in [-0.2, -0.15) is 0 Å². The Kier molecular flexibility index (Phi) is 40.6. The number of amides is 5. The average molecular weight is 887 g/mol. The Hall–Kier alpha value is -4.17. The smallest absolute Gasteiger partial charge is 0.352 e. The van der Waals surface area contributed by atoms with Crippen LogP contribution in [-0.2, 0) is 52.5 Å². The van der Waals surface area contributed by atoms with Crippen molar-refractivity contribution in [1.82, 2.24) is 26.6 Å². The predicted molar refractivity (Wildman–Crippen MR) is 233 cm³/mol. The van der Waals surface area contributed by atoms with Crippen LogP contribution in [0.3, 0.4) is 0 Å². The molecule has 0 aliphatic carbocycles. The molecule has 0 aromatic rings. The van der Waals surface area contributed by atoms with Crippen LogP contribution in [0.1, 0.15) is 135 Å². The van der Waals surface area contributed by atoms with E-state index >= 15 is 0 Å². The summed E-state index contributed by atoms with van der Waals surface area (Å²) in [5.74, 6) is -3.80. The quantitative estimate of drug-likeness (QED) is 0.0323. The van der Waals surface area contributed by atoms with Crippen molar-refractivity contribution >= 4 is 41.5 Å². The first-order chi connectivity index (χ1) is 30.0. The second-order valence-electron chi connectivity index (χ2n) is 14.9. The number of nitrogens with two attached hydrogens (primary N) is 1. The summed E-state index contributed by atoms with van der Waals surface area (Å²) in [5, 5.41) is 30.9. The minimum atomic E-state index is -1.32. The van der Waals surface area contributed by atoms with Crippen molar-refractivity contribution in [3.63, 3.8) is 0 Å². The fourth-order valence-corrected chi connectivity index (χ4v) is 5.93. The first-order valence-electron chi connectivity index (χ1n) is 22.6.